The first-order valence-electron chi connectivity index (χ1n) is 9.12. The van der Waals surface area contributed by atoms with E-state index in [1.165, 1.54) is 11.3 Å². The monoisotopic (exact) mass is 387 g/mol. The van der Waals surface area contributed by atoms with Gasteiger partial charge in [0.25, 0.3) is 0 Å². The van der Waals surface area contributed by atoms with E-state index in [0.29, 0.717) is 30.7 Å². The molecule has 1 aromatic carbocycles. The van der Waals surface area contributed by atoms with Crippen LogP contribution in [0.1, 0.15) is 35.4 Å². The molecule has 2 N–H and O–H groups in total. The quantitative estimate of drug-likeness (QED) is 0.727. The summed E-state index contributed by atoms with van der Waals surface area (Å²) in [6.45, 7) is 6.66. The van der Waals surface area contributed by atoms with Crippen molar-refractivity contribution < 1.29 is 9.59 Å². The van der Waals surface area contributed by atoms with Crippen LogP contribution in [-0.4, -0.2) is 46.0 Å². The Kier molecular flexibility index (Phi) is 6.18. The van der Waals surface area contributed by atoms with Gasteiger partial charge in [-0.3, -0.25) is 14.5 Å². The fourth-order valence-corrected chi connectivity index (χ4v) is 3.59. The Balaban J connectivity index is 1.51. The van der Waals surface area contributed by atoms with Gasteiger partial charge in [0.05, 0.1) is 6.54 Å². The maximum Gasteiger partial charge on any atom is 0.238 e. The van der Waals surface area contributed by atoms with E-state index in [-0.39, 0.29) is 11.8 Å². The maximum absolute atomic E-state index is 12.5. The summed E-state index contributed by atoms with van der Waals surface area (Å²) in [6.07, 6.45) is 2.48. The lowest BCUT2D eigenvalue weighted by Crippen LogP contribution is -2.37. The van der Waals surface area contributed by atoms with Crippen molar-refractivity contribution in [2.24, 2.45) is 0 Å². The molecule has 1 aromatic heterocycles. The van der Waals surface area contributed by atoms with Gasteiger partial charge in [-0.05, 0) is 44.7 Å². The van der Waals surface area contributed by atoms with E-state index >= 15 is 0 Å². The lowest BCUT2D eigenvalue weighted by atomic mass is 10.1. The van der Waals surface area contributed by atoms with Crippen LogP contribution in [0, 0.1) is 20.8 Å². The predicted octanol–water partition coefficient (Wildman–Crippen LogP) is 2.90. The molecule has 1 saturated carbocycles. The van der Waals surface area contributed by atoms with Crippen LogP contribution >= 0.6 is 11.3 Å². The Bertz CT molecular complexity index is 811. The molecule has 2 amide bonds. The highest BCUT2D eigenvalue weighted by Crippen LogP contribution is 2.27. The first-order chi connectivity index (χ1) is 12.9. The number of nitrogens with one attached hydrogen (secondary N) is 2. The van der Waals surface area contributed by atoms with E-state index in [1.807, 2.05) is 39.0 Å². The average Bonchev–Trinajstić information content (AvgIpc) is 3.38. The number of hydrogen-bond acceptors (Lipinski definition) is 6. The molecule has 1 aliphatic carbocycles. The number of carbonyl (C=O) groups is 2. The van der Waals surface area contributed by atoms with E-state index in [9.17, 15) is 9.59 Å². The molecule has 0 unspecified atom stereocenters. The molecule has 8 heteroatoms. The number of anilines is 2. The summed E-state index contributed by atoms with van der Waals surface area (Å²) >= 11 is 1.35. The predicted molar refractivity (Wildman–Crippen MR) is 107 cm³/mol. The topological polar surface area (TPSA) is 87.2 Å². The van der Waals surface area contributed by atoms with E-state index < -0.39 is 0 Å². The van der Waals surface area contributed by atoms with Crippen molar-refractivity contribution >= 4 is 34.0 Å². The van der Waals surface area contributed by atoms with E-state index in [4.69, 9.17) is 0 Å². The molecule has 0 spiro atoms. The standard InChI is InChI=1S/C19H25N5O2S/c1-12-5-4-6-13(2)18(12)20-17(26)11-24(15-7-8-15)10-9-16(25)21-19-23-22-14(3)27-19/h4-6,15H,7-11H2,1-3H3,(H,20,26)(H,21,23,25). The Labute approximate surface area is 163 Å². The van der Waals surface area contributed by atoms with Gasteiger partial charge in [-0.2, -0.15) is 0 Å². The van der Waals surface area contributed by atoms with Gasteiger partial charge < -0.3 is 10.6 Å². The third kappa shape index (κ3) is 5.58. The molecule has 0 radical (unpaired) electrons. The van der Waals surface area contributed by atoms with Crippen LogP contribution in [0.15, 0.2) is 18.2 Å². The second-order valence-corrected chi connectivity index (χ2v) is 8.12. The summed E-state index contributed by atoms with van der Waals surface area (Å²) in [6, 6.07) is 6.35. The number of rotatable bonds is 8. The summed E-state index contributed by atoms with van der Waals surface area (Å²) in [5, 5.41) is 14.9. The van der Waals surface area contributed by atoms with Gasteiger partial charge in [0.1, 0.15) is 5.01 Å². The van der Waals surface area contributed by atoms with Crippen LogP contribution in [0.25, 0.3) is 0 Å². The Morgan fingerprint density at radius 3 is 2.41 bits per heavy atom. The van der Waals surface area contributed by atoms with Gasteiger partial charge >= 0.3 is 0 Å². The third-order valence-corrected chi connectivity index (χ3v) is 5.31. The minimum atomic E-state index is -0.105. The molecule has 2 aromatic rings. The molecule has 1 heterocycles. The normalized spacial score (nSPS) is 13.6. The molecule has 0 bridgehead atoms. The van der Waals surface area contributed by atoms with Gasteiger partial charge in [-0.15, -0.1) is 10.2 Å². The molecular weight excluding hydrogens is 362 g/mol. The number of aromatic nitrogens is 2. The van der Waals surface area contributed by atoms with Gasteiger partial charge in [0.15, 0.2) is 0 Å². The van der Waals surface area contributed by atoms with Crippen molar-refractivity contribution in [2.75, 3.05) is 23.7 Å². The lowest BCUT2D eigenvalue weighted by Gasteiger charge is -2.21. The number of nitrogens with zero attached hydrogens (tertiary/aromatic N) is 3. The smallest absolute Gasteiger partial charge is 0.238 e. The number of amides is 2. The molecule has 0 atom stereocenters. The summed E-state index contributed by atoms with van der Waals surface area (Å²) in [5.74, 6) is -0.147. The highest BCUT2D eigenvalue weighted by Gasteiger charge is 2.30. The number of carbonyl (C=O) groups excluding carboxylic acids is 2. The highest BCUT2D eigenvalue weighted by atomic mass is 32.1. The Morgan fingerprint density at radius 2 is 1.81 bits per heavy atom. The number of aryl methyl sites for hydroxylation is 3. The lowest BCUT2D eigenvalue weighted by molar-refractivity contribution is -0.119. The SMILES string of the molecule is Cc1nnc(NC(=O)CCN(CC(=O)Nc2c(C)cccc2C)C2CC2)s1. The zero-order valence-electron chi connectivity index (χ0n) is 15.9. The van der Waals surface area contributed by atoms with E-state index in [0.717, 1.165) is 34.7 Å². The number of hydrogen-bond donors (Lipinski definition) is 2. The molecule has 7 nitrogen and oxygen atoms in total. The zero-order chi connectivity index (χ0) is 19.4. The van der Waals surface area contributed by atoms with Crippen molar-refractivity contribution in [3.8, 4) is 0 Å². The molecule has 0 saturated heterocycles. The maximum atomic E-state index is 12.5. The van der Waals surface area contributed by atoms with Crippen molar-refractivity contribution in [1.29, 1.82) is 0 Å². The van der Waals surface area contributed by atoms with Crippen LogP contribution in [0.5, 0.6) is 0 Å². The van der Waals surface area contributed by atoms with Crippen LogP contribution < -0.4 is 10.6 Å². The molecule has 1 aliphatic rings. The van der Waals surface area contributed by atoms with Gasteiger partial charge in [-0.1, -0.05) is 29.5 Å². The van der Waals surface area contributed by atoms with Crippen LogP contribution in [-0.2, 0) is 9.59 Å². The van der Waals surface area contributed by atoms with Crippen molar-refractivity contribution in [1.82, 2.24) is 15.1 Å². The Hall–Kier alpha value is -2.32. The molecule has 1 fully saturated rings. The Morgan fingerprint density at radius 1 is 1.11 bits per heavy atom. The summed E-state index contributed by atoms with van der Waals surface area (Å²) in [5.41, 5.74) is 2.98. The highest BCUT2D eigenvalue weighted by molar-refractivity contribution is 7.15. The minimum absolute atomic E-state index is 0.0422. The molecule has 144 valence electrons. The van der Waals surface area contributed by atoms with Crippen molar-refractivity contribution in [3.05, 3.63) is 34.3 Å². The van der Waals surface area contributed by atoms with Gasteiger partial charge in [0.2, 0.25) is 16.9 Å². The minimum Gasteiger partial charge on any atom is -0.324 e. The summed E-state index contributed by atoms with van der Waals surface area (Å²) < 4.78 is 0. The van der Waals surface area contributed by atoms with Crippen LogP contribution in [0.4, 0.5) is 10.8 Å². The average molecular weight is 388 g/mol. The molecular formula is C19H25N5O2S. The third-order valence-electron chi connectivity index (χ3n) is 4.55. The summed E-state index contributed by atoms with van der Waals surface area (Å²) in [7, 11) is 0. The largest absolute Gasteiger partial charge is 0.324 e. The summed E-state index contributed by atoms with van der Waals surface area (Å²) in [4.78, 5) is 26.8. The second-order valence-electron chi connectivity index (χ2n) is 6.94. The molecule has 0 aliphatic heterocycles. The van der Waals surface area contributed by atoms with Crippen LogP contribution in [0.3, 0.4) is 0 Å². The van der Waals surface area contributed by atoms with Crippen molar-refractivity contribution in [3.63, 3.8) is 0 Å². The second kappa shape index (κ2) is 8.58. The number of benzene rings is 1. The van der Waals surface area contributed by atoms with E-state index in [1.54, 1.807) is 0 Å². The molecule has 3 rings (SSSR count). The fraction of sp³-hybridized carbons (Fsp3) is 0.474. The fourth-order valence-electron chi connectivity index (χ4n) is 2.98. The number of para-hydroxylation sites is 1. The van der Waals surface area contributed by atoms with Gasteiger partial charge in [-0.25, -0.2) is 0 Å². The zero-order valence-corrected chi connectivity index (χ0v) is 16.7. The van der Waals surface area contributed by atoms with Crippen LogP contribution in [0.2, 0.25) is 0 Å². The van der Waals surface area contributed by atoms with E-state index in [2.05, 4.69) is 25.7 Å². The molecule has 27 heavy (non-hydrogen) atoms. The van der Waals surface area contributed by atoms with Crippen molar-refractivity contribution in [2.45, 2.75) is 46.1 Å². The first kappa shape index (κ1) is 19.4. The van der Waals surface area contributed by atoms with Gasteiger partial charge in [0, 0.05) is 24.7 Å². The first-order valence-corrected chi connectivity index (χ1v) is 9.94.